The molecule has 0 aliphatic heterocycles. The zero-order valence-corrected chi connectivity index (χ0v) is 16.9. The molecule has 150 valence electrons. The topological polar surface area (TPSA) is 60.5 Å². The first-order valence-corrected chi connectivity index (χ1v) is 10.1. The molecule has 0 bridgehead atoms. The number of aromatic nitrogens is 1. The van der Waals surface area contributed by atoms with Crippen LogP contribution in [0.25, 0.3) is 10.9 Å². The molecule has 5 heteroatoms. The third-order valence-electron chi connectivity index (χ3n) is 5.76. The van der Waals surface area contributed by atoms with Crippen molar-refractivity contribution in [3.05, 3.63) is 65.9 Å². The number of benzene rings is 2. The highest BCUT2D eigenvalue weighted by molar-refractivity contribution is 6.00. The SMILES string of the molecule is COc1cccc(OC)c1C(=O)N[C@H]1CCC[C@@H]1Cc1ccc2ccccc2n1. The lowest BCUT2D eigenvalue weighted by Crippen LogP contribution is -2.38. The standard InChI is InChI=1S/C24H26N2O3/c1-28-21-11-6-12-22(29-2)23(21)24(27)26-20-10-5-8-17(20)15-18-14-13-16-7-3-4-9-19(16)25-18/h3-4,6-7,9,11-14,17,20H,5,8,10,15H2,1-2H3,(H,26,27)/t17-,20+/m1/s1. The minimum atomic E-state index is -0.150. The van der Waals surface area contributed by atoms with Crippen molar-refractivity contribution in [3.63, 3.8) is 0 Å². The van der Waals surface area contributed by atoms with Crippen molar-refractivity contribution in [3.8, 4) is 11.5 Å². The molecule has 0 spiro atoms. The fourth-order valence-electron chi connectivity index (χ4n) is 4.28. The Hall–Kier alpha value is -3.08. The van der Waals surface area contributed by atoms with Crippen LogP contribution in [-0.2, 0) is 6.42 Å². The van der Waals surface area contributed by atoms with E-state index in [2.05, 4.69) is 23.5 Å². The normalized spacial score (nSPS) is 18.6. The Morgan fingerprint density at radius 2 is 1.76 bits per heavy atom. The van der Waals surface area contributed by atoms with E-state index in [1.807, 2.05) is 24.3 Å². The number of pyridine rings is 1. The summed E-state index contributed by atoms with van der Waals surface area (Å²) in [4.78, 5) is 17.9. The van der Waals surface area contributed by atoms with Gasteiger partial charge in [0, 0.05) is 17.1 Å². The molecule has 2 aromatic carbocycles. The summed E-state index contributed by atoms with van der Waals surface area (Å²) in [6.45, 7) is 0. The van der Waals surface area contributed by atoms with Gasteiger partial charge >= 0.3 is 0 Å². The molecule has 1 aliphatic rings. The maximum Gasteiger partial charge on any atom is 0.259 e. The number of carbonyl (C=O) groups is 1. The van der Waals surface area contributed by atoms with Crippen LogP contribution in [0.4, 0.5) is 0 Å². The van der Waals surface area contributed by atoms with Crippen molar-refractivity contribution >= 4 is 16.8 Å². The highest BCUT2D eigenvalue weighted by Gasteiger charge is 2.30. The number of ether oxygens (including phenoxy) is 2. The van der Waals surface area contributed by atoms with Crippen LogP contribution in [0.1, 0.15) is 35.3 Å². The molecule has 0 radical (unpaired) electrons. The summed E-state index contributed by atoms with van der Waals surface area (Å²) >= 11 is 0. The molecular weight excluding hydrogens is 364 g/mol. The summed E-state index contributed by atoms with van der Waals surface area (Å²) in [5.74, 6) is 1.26. The molecular formula is C24H26N2O3. The van der Waals surface area contributed by atoms with Gasteiger partial charge in [-0.1, -0.05) is 36.8 Å². The number of fused-ring (bicyclic) bond motifs is 1. The van der Waals surface area contributed by atoms with Crippen molar-refractivity contribution in [2.45, 2.75) is 31.7 Å². The van der Waals surface area contributed by atoms with Crippen LogP contribution in [0.2, 0.25) is 0 Å². The number of methoxy groups -OCH3 is 2. The second-order valence-electron chi connectivity index (χ2n) is 7.51. The smallest absolute Gasteiger partial charge is 0.259 e. The number of rotatable bonds is 6. The molecule has 1 fully saturated rings. The third-order valence-corrected chi connectivity index (χ3v) is 5.76. The minimum Gasteiger partial charge on any atom is -0.496 e. The fourth-order valence-corrected chi connectivity index (χ4v) is 4.28. The molecule has 1 amide bonds. The second-order valence-corrected chi connectivity index (χ2v) is 7.51. The number of para-hydroxylation sites is 1. The van der Waals surface area contributed by atoms with Crippen molar-refractivity contribution in [1.29, 1.82) is 0 Å². The Morgan fingerprint density at radius 3 is 2.52 bits per heavy atom. The third kappa shape index (κ3) is 4.04. The highest BCUT2D eigenvalue weighted by Crippen LogP contribution is 2.32. The first kappa shape index (κ1) is 19.2. The van der Waals surface area contributed by atoms with Crippen LogP contribution < -0.4 is 14.8 Å². The Kier molecular flexibility index (Phi) is 5.65. The van der Waals surface area contributed by atoms with Gasteiger partial charge in [-0.2, -0.15) is 0 Å². The van der Waals surface area contributed by atoms with Crippen LogP contribution in [-0.4, -0.2) is 31.2 Å². The van der Waals surface area contributed by atoms with Crippen molar-refractivity contribution in [2.24, 2.45) is 5.92 Å². The monoisotopic (exact) mass is 390 g/mol. The van der Waals surface area contributed by atoms with E-state index >= 15 is 0 Å². The summed E-state index contributed by atoms with van der Waals surface area (Å²) in [6.07, 6.45) is 4.02. The molecule has 1 heterocycles. The molecule has 1 saturated carbocycles. The number of amides is 1. The van der Waals surface area contributed by atoms with Crippen LogP contribution in [0.15, 0.2) is 54.6 Å². The predicted octanol–water partition coefficient (Wildman–Crippen LogP) is 4.39. The van der Waals surface area contributed by atoms with E-state index in [-0.39, 0.29) is 11.9 Å². The Morgan fingerprint density at radius 1 is 1.00 bits per heavy atom. The van der Waals surface area contributed by atoms with Gasteiger partial charge in [0.1, 0.15) is 17.1 Å². The largest absolute Gasteiger partial charge is 0.496 e. The van der Waals surface area contributed by atoms with Crippen molar-refractivity contribution in [2.75, 3.05) is 14.2 Å². The van der Waals surface area contributed by atoms with Crippen molar-refractivity contribution in [1.82, 2.24) is 10.3 Å². The van der Waals surface area contributed by atoms with Gasteiger partial charge in [-0.25, -0.2) is 0 Å². The van der Waals surface area contributed by atoms with E-state index in [0.717, 1.165) is 42.3 Å². The van der Waals surface area contributed by atoms with Gasteiger partial charge in [-0.15, -0.1) is 0 Å². The molecule has 29 heavy (non-hydrogen) atoms. The van der Waals surface area contributed by atoms with Crippen molar-refractivity contribution < 1.29 is 14.3 Å². The van der Waals surface area contributed by atoms with Crippen LogP contribution in [0, 0.1) is 5.92 Å². The molecule has 4 rings (SSSR count). The zero-order valence-electron chi connectivity index (χ0n) is 16.9. The van der Waals surface area contributed by atoms with Gasteiger partial charge in [0.2, 0.25) is 0 Å². The van der Waals surface area contributed by atoms with Gasteiger partial charge in [-0.3, -0.25) is 9.78 Å². The van der Waals surface area contributed by atoms with Gasteiger partial charge in [-0.05, 0) is 49.4 Å². The second kappa shape index (κ2) is 8.52. The molecule has 1 aliphatic carbocycles. The van der Waals surface area contributed by atoms with Gasteiger partial charge in [0.15, 0.2) is 0 Å². The van der Waals surface area contributed by atoms with E-state index in [1.165, 1.54) is 0 Å². The lowest BCUT2D eigenvalue weighted by Gasteiger charge is -2.22. The van der Waals surface area contributed by atoms with E-state index in [0.29, 0.717) is 23.0 Å². The van der Waals surface area contributed by atoms with Crippen LogP contribution in [0.5, 0.6) is 11.5 Å². The molecule has 1 N–H and O–H groups in total. The maximum atomic E-state index is 13.0. The van der Waals surface area contributed by atoms with E-state index in [9.17, 15) is 4.79 Å². The van der Waals surface area contributed by atoms with Gasteiger partial charge < -0.3 is 14.8 Å². The summed E-state index contributed by atoms with van der Waals surface area (Å²) in [5.41, 5.74) is 2.54. The quantitative estimate of drug-likeness (QED) is 0.678. The minimum absolute atomic E-state index is 0.116. The summed E-state index contributed by atoms with van der Waals surface area (Å²) in [5, 5.41) is 4.37. The molecule has 0 saturated heterocycles. The average Bonchev–Trinajstić information content (AvgIpc) is 3.19. The Bertz CT molecular complexity index is 996. The molecule has 5 nitrogen and oxygen atoms in total. The molecule has 1 aromatic heterocycles. The van der Waals surface area contributed by atoms with Gasteiger partial charge in [0.05, 0.1) is 19.7 Å². The predicted molar refractivity (Wildman–Crippen MR) is 114 cm³/mol. The number of nitrogens with one attached hydrogen (secondary N) is 1. The lowest BCUT2D eigenvalue weighted by atomic mass is 9.96. The Balaban J connectivity index is 1.51. The summed E-state index contributed by atoms with van der Waals surface area (Å²) in [7, 11) is 3.13. The van der Waals surface area contributed by atoms with Crippen LogP contribution >= 0.6 is 0 Å². The maximum absolute atomic E-state index is 13.0. The number of nitrogens with zero attached hydrogens (tertiary/aromatic N) is 1. The first-order valence-electron chi connectivity index (χ1n) is 10.1. The van der Waals surface area contributed by atoms with E-state index in [4.69, 9.17) is 14.5 Å². The zero-order chi connectivity index (χ0) is 20.2. The number of carbonyl (C=O) groups excluding carboxylic acids is 1. The van der Waals surface area contributed by atoms with Gasteiger partial charge in [0.25, 0.3) is 5.91 Å². The first-order chi connectivity index (χ1) is 14.2. The Labute approximate surface area is 171 Å². The highest BCUT2D eigenvalue weighted by atomic mass is 16.5. The average molecular weight is 390 g/mol. The fraction of sp³-hybridized carbons (Fsp3) is 0.333. The van der Waals surface area contributed by atoms with E-state index < -0.39 is 0 Å². The molecule has 0 unspecified atom stereocenters. The lowest BCUT2D eigenvalue weighted by molar-refractivity contribution is 0.0921. The van der Waals surface area contributed by atoms with Crippen LogP contribution in [0.3, 0.4) is 0 Å². The summed E-state index contributed by atoms with van der Waals surface area (Å²) < 4.78 is 10.8. The molecule has 3 aromatic rings. The molecule has 2 atom stereocenters. The number of hydrogen-bond donors (Lipinski definition) is 1. The number of hydrogen-bond acceptors (Lipinski definition) is 4. The van der Waals surface area contributed by atoms with E-state index in [1.54, 1.807) is 26.4 Å². The summed E-state index contributed by atoms with van der Waals surface area (Å²) in [6, 6.07) is 17.9.